The third-order valence-corrected chi connectivity index (χ3v) is 2.01. The fraction of sp³-hybridized carbons (Fsp3) is 0.556. The number of aromatic amines is 1. The van der Waals surface area contributed by atoms with Gasteiger partial charge in [0.1, 0.15) is 5.82 Å². The van der Waals surface area contributed by atoms with Gasteiger partial charge >= 0.3 is 6.18 Å². The van der Waals surface area contributed by atoms with E-state index in [0.29, 0.717) is 6.54 Å². The molecule has 0 aliphatic rings. The van der Waals surface area contributed by atoms with E-state index in [1.54, 1.807) is 6.92 Å². The minimum absolute atomic E-state index is 0.00947. The van der Waals surface area contributed by atoms with Gasteiger partial charge in [0.25, 0.3) is 5.56 Å². The first-order chi connectivity index (χ1) is 7.36. The Hall–Kier alpha value is -1.37. The smallest absolute Gasteiger partial charge is 0.310 e. The molecular weight excluding hydrogens is 223 g/mol. The largest absolute Gasteiger partial charge is 0.433 e. The second kappa shape index (κ2) is 4.65. The molecule has 0 amide bonds. The van der Waals surface area contributed by atoms with Crippen molar-refractivity contribution in [3.63, 3.8) is 0 Å². The summed E-state index contributed by atoms with van der Waals surface area (Å²) in [7, 11) is 0. The van der Waals surface area contributed by atoms with Gasteiger partial charge in [-0.1, -0.05) is 6.92 Å². The van der Waals surface area contributed by atoms with Crippen LogP contribution in [0.4, 0.5) is 13.2 Å². The molecule has 0 saturated heterocycles. The standard InChI is InChI=1S/C9H12F3N3O/c1-3-13-4-6-14-7(9(10,11)12)5(2)8(16)15-6/h13H,3-4H2,1-2H3,(H,14,15,16). The van der Waals surface area contributed by atoms with Gasteiger partial charge in [0, 0.05) is 5.56 Å². The number of alkyl halides is 3. The third kappa shape index (κ3) is 2.82. The highest BCUT2D eigenvalue weighted by Gasteiger charge is 2.35. The Morgan fingerprint density at radius 2 is 2.06 bits per heavy atom. The zero-order valence-electron chi connectivity index (χ0n) is 8.90. The molecule has 1 rings (SSSR count). The summed E-state index contributed by atoms with van der Waals surface area (Å²) in [4.78, 5) is 16.9. The molecule has 0 aliphatic carbocycles. The minimum Gasteiger partial charge on any atom is -0.310 e. The van der Waals surface area contributed by atoms with Gasteiger partial charge in [0.05, 0.1) is 6.54 Å². The summed E-state index contributed by atoms with van der Waals surface area (Å²) in [5.41, 5.74) is -2.29. The van der Waals surface area contributed by atoms with Gasteiger partial charge in [-0.15, -0.1) is 0 Å². The molecule has 0 bridgehead atoms. The number of nitrogens with one attached hydrogen (secondary N) is 2. The van der Waals surface area contributed by atoms with Crippen molar-refractivity contribution >= 4 is 0 Å². The lowest BCUT2D eigenvalue weighted by molar-refractivity contribution is -0.142. The molecule has 0 unspecified atom stereocenters. The van der Waals surface area contributed by atoms with Crippen LogP contribution in [0.1, 0.15) is 24.0 Å². The summed E-state index contributed by atoms with van der Waals surface area (Å²) in [5, 5.41) is 2.79. The number of aromatic nitrogens is 2. The van der Waals surface area contributed by atoms with Gasteiger partial charge in [-0.2, -0.15) is 13.2 Å². The van der Waals surface area contributed by atoms with Gasteiger partial charge in [0.2, 0.25) is 0 Å². The summed E-state index contributed by atoms with van der Waals surface area (Å²) < 4.78 is 37.5. The van der Waals surface area contributed by atoms with Crippen LogP contribution in [0.3, 0.4) is 0 Å². The Morgan fingerprint density at radius 1 is 1.44 bits per heavy atom. The average Bonchev–Trinajstić information content (AvgIpc) is 2.17. The normalized spacial score (nSPS) is 11.8. The van der Waals surface area contributed by atoms with E-state index in [1.807, 2.05) is 0 Å². The van der Waals surface area contributed by atoms with Crippen LogP contribution in [-0.4, -0.2) is 16.5 Å². The van der Waals surface area contributed by atoms with Crippen molar-refractivity contribution in [3.05, 3.63) is 27.4 Å². The zero-order chi connectivity index (χ0) is 12.3. The number of hydrogen-bond acceptors (Lipinski definition) is 3. The first-order valence-electron chi connectivity index (χ1n) is 4.74. The highest BCUT2D eigenvalue weighted by Crippen LogP contribution is 2.28. The number of rotatable bonds is 3. The van der Waals surface area contributed by atoms with E-state index in [4.69, 9.17) is 0 Å². The van der Waals surface area contributed by atoms with Crippen LogP contribution in [0.25, 0.3) is 0 Å². The van der Waals surface area contributed by atoms with E-state index in [1.165, 1.54) is 0 Å². The molecular formula is C9H12F3N3O. The summed E-state index contributed by atoms with van der Waals surface area (Å²) in [6, 6.07) is 0. The molecule has 1 aromatic rings. The predicted molar refractivity (Wildman–Crippen MR) is 52.0 cm³/mol. The second-order valence-corrected chi connectivity index (χ2v) is 3.26. The van der Waals surface area contributed by atoms with Crippen molar-refractivity contribution in [1.82, 2.24) is 15.3 Å². The van der Waals surface area contributed by atoms with E-state index >= 15 is 0 Å². The lowest BCUT2D eigenvalue weighted by Crippen LogP contribution is -2.25. The first-order valence-corrected chi connectivity index (χ1v) is 4.74. The maximum atomic E-state index is 12.5. The topological polar surface area (TPSA) is 57.8 Å². The Bertz CT molecular complexity index is 425. The Morgan fingerprint density at radius 3 is 2.56 bits per heavy atom. The highest BCUT2D eigenvalue weighted by molar-refractivity contribution is 5.18. The van der Waals surface area contributed by atoms with Crippen molar-refractivity contribution in [1.29, 1.82) is 0 Å². The molecule has 0 saturated carbocycles. The van der Waals surface area contributed by atoms with E-state index < -0.39 is 23.0 Å². The summed E-state index contributed by atoms with van der Waals surface area (Å²) in [6.07, 6.45) is -4.60. The fourth-order valence-electron chi connectivity index (χ4n) is 1.18. The molecule has 1 heterocycles. The summed E-state index contributed by atoms with van der Waals surface area (Å²) in [6.45, 7) is 3.59. The van der Waals surface area contributed by atoms with Crippen LogP contribution in [-0.2, 0) is 12.7 Å². The zero-order valence-corrected chi connectivity index (χ0v) is 8.90. The molecule has 0 radical (unpaired) electrons. The van der Waals surface area contributed by atoms with Crippen molar-refractivity contribution in [2.75, 3.05) is 6.54 Å². The van der Waals surface area contributed by atoms with E-state index in [-0.39, 0.29) is 12.4 Å². The number of halogens is 3. The molecule has 90 valence electrons. The Kier molecular flexibility index (Phi) is 3.69. The van der Waals surface area contributed by atoms with E-state index in [2.05, 4.69) is 15.3 Å². The van der Waals surface area contributed by atoms with Crippen molar-refractivity contribution in [3.8, 4) is 0 Å². The molecule has 0 aliphatic heterocycles. The lowest BCUT2D eigenvalue weighted by Gasteiger charge is -2.10. The van der Waals surface area contributed by atoms with Crippen molar-refractivity contribution in [2.45, 2.75) is 26.6 Å². The maximum Gasteiger partial charge on any atom is 0.433 e. The average molecular weight is 235 g/mol. The molecule has 0 fully saturated rings. The number of H-pyrrole nitrogens is 1. The van der Waals surface area contributed by atoms with E-state index in [0.717, 1.165) is 6.92 Å². The minimum atomic E-state index is -4.60. The lowest BCUT2D eigenvalue weighted by atomic mass is 10.2. The summed E-state index contributed by atoms with van der Waals surface area (Å²) >= 11 is 0. The van der Waals surface area contributed by atoms with Crippen LogP contribution < -0.4 is 10.9 Å². The van der Waals surface area contributed by atoms with Crippen LogP contribution in [0, 0.1) is 6.92 Å². The number of hydrogen-bond donors (Lipinski definition) is 2. The molecule has 0 spiro atoms. The number of nitrogens with zero attached hydrogens (tertiary/aromatic N) is 1. The van der Waals surface area contributed by atoms with Crippen LogP contribution >= 0.6 is 0 Å². The van der Waals surface area contributed by atoms with Gasteiger partial charge in [-0.3, -0.25) is 4.79 Å². The predicted octanol–water partition coefficient (Wildman–Crippen LogP) is 1.21. The molecule has 0 aromatic carbocycles. The van der Waals surface area contributed by atoms with Gasteiger partial charge < -0.3 is 10.3 Å². The maximum absolute atomic E-state index is 12.5. The van der Waals surface area contributed by atoms with Crippen LogP contribution in [0.2, 0.25) is 0 Å². The van der Waals surface area contributed by atoms with Gasteiger partial charge in [0.15, 0.2) is 5.69 Å². The van der Waals surface area contributed by atoms with Crippen molar-refractivity contribution < 1.29 is 13.2 Å². The monoisotopic (exact) mass is 235 g/mol. The van der Waals surface area contributed by atoms with Gasteiger partial charge in [-0.25, -0.2) is 4.98 Å². The molecule has 0 atom stereocenters. The van der Waals surface area contributed by atoms with Crippen molar-refractivity contribution in [2.24, 2.45) is 0 Å². The third-order valence-electron chi connectivity index (χ3n) is 2.01. The molecule has 4 nitrogen and oxygen atoms in total. The second-order valence-electron chi connectivity index (χ2n) is 3.26. The molecule has 1 aromatic heterocycles. The Balaban J connectivity index is 3.18. The molecule has 16 heavy (non-hydrogen) atoms. The molecule has 7 heteroatoms. The van der Waals surface area contributed by atoms with E-state index in [9.17, 15) is 18.0 Å². The van der Waals surface area contributed by atoms with Crippen LogP contribution in [0.15, 0.2) is 4.79 Å². The van der Waals surface area contributed by atoms with Gasteiger partial charge in [-0.05, 0) is 13.5 Å². The fourth-order valence-corrected chi connectivity index (χ4v) is 1.18. The Labute approximate surface area is 89.9 Å². The highest BCUT2D eigenvalue weighted by atomic mass is 19.4. The quantitative estimate of drug-likeness (QED) is 0.827. The first kappa shape index (κ1) is 12.7. The summed E-state index contributed by atoms with van der Waals surface area (Å²) in [5.74, 6) is -0.00947. The molecule has 2 N–H and O–H groups in total. The SMILES string of the molecule is CCNCc1nc(C(F)(F)F)c(C)c(=O)[nH]1. The van der Waals surface area contributed by atoms with Crippen LogP contribution in [0.5, 0.6) is 0 Å².